The SMILES string of the molecule is O=C(NCCOCCOCCNc1nc(NCc2ccccc2F)nc(NCC2CCCCC2)n1)c1ccccc1. The number of anilines is 3. The van der Waals surface area contributed by atoms with E-state index in [1.807, 2.05) is 18.2 Å². The maximum atomic E-state index is 14.1. The van der Waals surface area contributed by atoms with Crippen LogP contribution in [0.2, 0.25) is 0 Å². The van der Waals surface area contributed by atoms with Crippen LogP contribution in [0, 0.1) is 11.7 Å². The number of rotatable bonds is 17. The number of benzene rings is 2. The highest BCUT2D eigenvalue weighted by atomic mass is 19.1. The van der Waals surface area contributed by atoms with Crippen molar-refractivity contribution in [3.63, 3.8) is 0 Å². The molecule has 1 aliphatic carbocycles. The van der Waals surface area contributed by atoms with E-state index in [2.05, 4.69) is 36.2 Å². The van der Waals surface area contributed by atoms with Gasteiger partial charge in [-0.15, -0.1) is 0 Å². The minimum atomic E-state index is -0.277. The van der Waals surface area contributed by atoms with Gasteiger partial charge in [-0.25, -0.2) is 4.39 Å². The fraction of sp³-hybridized carbons (Fsp3) is 0.467. The summed E-state index contributed by atoms with van der Waals surface area (Å²) in [7, 11) is 0. The lowest BCUT2D eigenvalue weighted by atomic mass is 9.89. The van der Waals surface area contributed by atoms with Gasteiger partial charge in [-0.05, 0) is 37.0 Å². The van der Waals surface area contributed by atoms with E-state index in [4.69, 9.17) is 9.47 Å². The predicted molar refractivity (Wildman–Crippen MR) is 158 cm³/mol. The Kier molecular flexibility index (Phi) is 12.6. The zero-order chi connectivity index (χ0) is 28.5. The number of hydrogen-bond donors (Lipinski definition) is 4. The Balaban J connectivity index is 1.16. The van der Waals surface area contributed by atoms with Gasteiger partial charge in [0.2, 0.25) is 17.8 Å². The molecule has 1 aliphatic rings. The molecule has 0 saturated heterocycles. The van der Waals surface area contributed by atoms with Crippen LogP contribution in [-0.2, 0) is 16.0 Å². The van der Waals surface area contributed by atoms with Crippen LogP contribution in [-0.4, -0.2) is 66.9 Å². The Morgan fingerprint density at radius 2 is 1.39 bits per heavy atom. The number of amides is 1. The molecule has 1 fully saturated rings. The average molecular weight is 566 g/mol. The molecule has 3 aromatic rings. The smallest absolute Gasteiger partial charge is 0.251 e. The predicted octanol–water partition coefficient (Wildman–Crippen LogP) is 4.49. The Hall–Kier alpha value is -3.83. The molecule has 4 N–H and O–H groups in total. The third-order valence-electron chi connectivity index (χ3n) is 6.77. The summed E-state index contributed by atoms with van der Waals surface area (Å²) < 4.78 is 25.2. The molecule has 0 radical (unpaired) electrons. The van der Waals surface area contributed by atoms with Gasteiger partial charge < -0.3 is 30.7 Å². The monoisotopic (exact) mass is 565 g/mol. The van der Waals surface area contributed by atoms with E-state index in [9.17, 15) is 9.18 Å². The van der Waals surface area contributed by atoms with Gasteiger partial charge in [-0.2, -0.15) is 15.0 Å². The standard InChI is InChI=1S/C30H40FN7O3/c31-26-14-8-7-13-25(26)22-35-30-37-28(36-29(38-30)34-21-23-9-3-1-4-10-23)33-16-18-41-20-19-40-17-15-32-27(39)24-11-5-2-6-12-24/h2,5-8,11-14,23H,1,3-4,9-10,15-22H2,(H,32,39)(H3,33,34,35,36,37,38). The van der Waals surface area contributed by atoms with E-state index in [0.717, 1.165) is 6.54 Å². The first-order chi connectivity index (χ1) is 20.2. The van der Waals surface area contributed by atoms with Crippen molar-refractivity contribution >= 4 is 23.8 Å². The second-order valence-corrected chi connectivity index (χ2v) is 9.91. The lowest BCUT2D eigenvalue weighted by molar-refractivity contribution is 0.0519. The zero-order valence-corrected chi connectivity index (χ0v) is 23.4. The van der Waals surface area contributed by atoms with Crippen molar-refractivity contribution in [2.45, 2.75) is 38.6 Å². The molecule has 11 heteroatoms. The first kappa shape index (κ1) is 30.1. The van der Waals surface area contributed by atoms with Crippen molar-refractivity contribution in [1.82, 2.24) is 20.3 Å². The first-order valence-electron chi connectivity index (χ1n) is 14.4. The highest BCUT2D eigenvalue weighted by molar-refractivity contribution is 5.94. The van der Waals surface area contributed by atoms with E-state index in [1.54, 1.807) is 30.3 Å². The summed E-state index contributed by atoms with van der Waals surface area (Å²) in [6, 6.07) is 15.7. The van der Waals surface area contributed by atoms with Gasteiger partial charge >= 0.3 is 0 Å². The van der Waals surface area contributed by atoms with Crippen LogP contribution < -0.4 is 21.3 Å². The summed E-state index contributed by atoms with van der Waals surface area (Å²) in [4.78, 5) is 25.5. The maximum absolute atomic E-state index is 14.1. The van der Waals surface area contributed by atoms with Crippen LogP contribution in [0.15, 0.2) is 54.6 Å². The van der Waals surface area contributed by atoms with Gasteiger partial charge in [0.15, 0.2) is 0 Å². The molecule has 0 atom stereocenters. The molecule has 2 aromatic carbocycles. The lowest BCUT2D eigenvalue weighted by Gasteiger charge is -2.21. The molecule has 0 unspecified atom stereocenters. The van der Waals surface area contributed by atoms with Crippen molar-refractivity contribution in [3.05, 3.63) is 71.5 Å². The minimum Gasteiger partial charge on any atom is -0.377 e. The molecule has 1 aromatic heterocycles. The second kappa shape index (κ2) is 17.1. The fourth-order valence-corrected chi connectivity index (χ4v) is 4.54. The summed E-state index contributed by atoms with van der Waals surface area (Å²) in [5, 5.41) is 12.5. The van der Waals surface area contributed by atoms with E-state index in [1.165, 1.54) is 38.2 Å². The summed E-state index contributed by atoms with van der Waals surface area (Å²) >= 11 is 0. The van der Waals surface area contributed by atoms with Crippen LogP contribution in [0.1, 0.15) is 48.0 Å². The van der Waals surface area contributed by atoms with E-state index >= 15 is 0 Å². The van der Waals surface area contributed by atoms with Crippen LogP contribution in [0.4, 0.5) is 22.2 Å². The molecule has 0 spiro atoms. The van der Waals surface area contributed by atoms with E-state index < -0.39 is 0 Å². The largest absolute Gasteiger partial charge is 0.377 e. The van der Waals surface area contributed by atoms with Gasteiger partial charge in [0, 0.05) is 37.3 Å². The van der Waals surface area contributed by atoms with Crippen molar-refractivity contribution in [2.24, 2.45) is 5.92 Å². The number of nitrogens with zero attached hydrogens (tertiary/aromatic N) is 3. The number of hydrogen-bond acceptors (Lipinski definition) is 9. The normalized spacial score (nSPS) is 13.5. The fourth-order valence-electron chi connectivity index (χ4n) is 4.54. The summed E-state index contributed by atoms with van der Waals surface area (Å²) in [5.74, 6) is 1.48. The quantitative estimate of drug-likeness (QED) is 0.175. The highest BCUT2D eigenvalue weighted by Crippen LogP contribution is 2.24. The Morgan fingerprint density at radius 3 is 2.12 bits per heavy atom. The first-order valence-corrected chi connectivity index (χ1v) is 14.4. The molecular weight excluding hydrogens is 525 g/mol. The molecule has 1 saturated carbocycles. The topological polar surface area (TPSA) is 122 Å². The second-order valence-electron chi connectivity index (χ2n) is 9.91. The van der Waals surface area contributed by atoms with Crippen molar-refractivity contribution < 1.29 is 18.7 Å². The maximum Gasteiger partial charge on any atom is 0.251 e. The molecule has 4 rings (SSSR count). The Bertz CT molecular complexity index is 1200. The number of carbonyl (C=O) groups is 1. The average Bonchev–Trinajstić information content (AvgIpc) is 3.01. The summed E-state index contributed by atoms with van der Waals surface area (Å²) in [6.45, 7) is 3.69. The van der Waals surface area contributed by atoms with Crippen molar-refractivity contribution in [2.75, 3.05) is 62.0 Å². The van der Waals surface area contributed by atoms with Crippen LogP contribution in [0.5, 0.6) is 0 Å². The van der Waals surface area contributed by atoms with Gasteiger partial charge in [-0.1, -0.05) is 55.7 Å². The summed E-state index contributed by atoms with van der Waals surface area (Å²) in [6.07, 6.45) is 6.26. The number of ether oxygens (including phenoxy) is 2. The zero-order valence-electron chi connectivity index (χ0n) is 23.4. The Labute approximate surface area is 240 Å². The molecular formula is C30H40FN7O3. The van der Waals surface area contributed by atoms with Gasteiger partial charge in [-0.3, -0.25) is 4.79 Å². The molecule has 41 heavy (non-hydrogen) atoms. The summed E-state index contributed by atoms with van der Waals surface area (Å²) in [5.41, 5.74) is 1.16. The number of aromatic nitrogens is 3. The molecule has 220 valence electrons. The molecule has 1 heterocycles. The van der Waals surface area contributed by atoms with E-state index in [-0.39, 0.29) is 18.3 Å². The highest BCUT2D eigenvalue weighted by Gasteiger charge is 2.14. The number of carbonyl (C=O) groups excluding carboxylic acids is 1. The van der Waals surface area contributed by atoms with E-state index in [0.29, 0.717) is 74.4 Å². The van der Waals surface area contributed by atoms with Crippen LogP contribution in [0.25, 0.3) is 0 Å². The van der Waals surface area contributed by atoms with Crippen LogP contribution >= 0.6 is 0 Å². The van der Waals surface area contributed by atoms with Gasteiger partial charge in [0.25, 0.3) is 5.91 Å². The third kappa shape index (κ3) is 10.9. The molecule has 10 nitrogen and oxygen atoms in total. The number of nitrogens with one attached hydrogen (secondary N) is 4. The van der Waals surface area contributed by atoms with Crippen molar-refractivity contribution in [3.8, 4) is 0 Å². The number of halogens is 1. The third-order valence-corrected chi connectivity index (χ3v) is 6.77. The molecule has 0 bridgehead atoms. The minimum absolute atomic E-state index is 0.118. The van der Waals surface area contributed by atoms with Gasteiger partial charge in [0.05, 0.1) is 26.4 Å². The van der Waals surface area contributed by atoms with Crippen LogP contribution in [0.3, 0.4) is 0 Å². The lowest BCUT2D eigenvalue weighted by Crippen LogP contribution is -2.27. The van der Waals surface area contributed by atoms with Crippen molar-refractivity contribution in [1.29, 1.82) is 0 Å². The molecule has 1 amide bonds. The van der Waals surface area contributed by atoms with Gasteiger partial charge in [0.1, 0.15) is 5.82 Å². The molecule has 0 aliphatic heterocycles. The Morgan fingerprint density at radius 1 is 0.756 bits per heavy atom.